The Morgan fingerprint density at radius 3 is 2.73 bits per heavy atom. The minimum absolute atomic E-state index is 0.236. The number of rotatable bonds is 7. The number of aromatic nitrogens is 3. The molecule has 0 aliphatic rings. The van der Waals surface area contributed by atoms with E-state index < -0.39 is 0 Å². The molecule has 0 radical (unpaired) electrons. The molecule has 0 bridgehead atoms. The van der Waals surface area contributed by atoms with Gasteiger partial charge in [0.2, 0.25) is 11.1 Å². The highest BCUT2D eigenvalue weighted by atomic mass is 32.2. The lowest BCUT2D eigenvalue weighted by Gasteiger charge is -2.09. The Bertz CT molecular complexity index is 610. The van der Waals surface area contributed by atoms with Crippen molar-refractivity contribution in [3.8, 4) is 5.75 Å². The molecule has 1 amide bonds. The van der Waals surface area contributed by atoms with Crippen LogP contribution in [-0.2, 0) is 0 Å². The summed E-state index contributed by atoms with van der Waals surface area (Å²) in [6.45, 7) is 6.85. The summed E-state index contributed by atoms with van der Waals surface area (Å²) < 4.78 is 5.59. The molecule has 0 unspecified atom stereocenters. The van der Waals surface area contributed by atoms with Crippen LogP contribution in [-0.4, -0.2) is 33.4 Å². The third kappa shape index (κ3) is 4.77. The van der Waals surface area contributed by atoms with Gasteiger partial charge in [-0.15, -0.1) is 5.10 Å². The number of ether oxygens (including phenoxy) is 1. The van der Waals surface area contributed by atoms with Crippen molar-refractivity contribution in [2.45, 2.75) is 25.9 Å². The van der Waals surface area contributed by atoms with Gasteiger partial charge in [-0.05, 0) is 35.9 Å². The van der Waals surface area contributed by atoms with Gasteiger partial charge in [0.25, 0.3) is 5.91 Å². The topological polar surface area (TPSA) is 79.9 Å². The molecule has 0 saturated heterocycles. The van der Waals surface area contributed by atoms with Crippen molar-refractivity contribution >= 4 is 23.6 Å². The number of carbonyl (C=O) groups excluding carboxylic acids is 1. The number of carbonyl (C=O) groups is 1. The van der Waals surface area contributed by atoms with Crippen LogP contribution < -0.4 is 10.1 Å². The molecule has 2 N–H and O–H groups in total. The zero-order chi connectivity index (χ0) is 15.9. The van der Waals surface area contributed by atoms with E-state index >= 15 is 0 Å². The number of H-pyrrole nitrogens is 1. The van der Waals surface area contributed by atoms with E-state index in [-0.39, 0.29) is 5.91 Å². The van der Waals surface area contributed by atoms with E-state index in [2.05, 4.69) is 34.3 Å². The minimum Gasteiger partial charge on any atom is -0.493 e. The second-order valence-corrected chi connectivity index (χ2v) is 6.31. The number of benzene rings is 1. The number of hydrogen-bond donors (Lipinski definition) is 2. The Morgan fingerprint density at radius 1 is 1.36 bits per heavy atom. The van der Waals surface area contributed by atoms with Crippen LogP contribution in [0.15, 0.2) is 29.4 Å². The van der Waals surface area contributed by atoms with E-state index in [0.29, 0.717) is 29.2 Å². The van der Waals surface area contributed by atoms with Gasteiger partial charge < -0.3 is 4.74 Å². The van der Waals surface area contributed by atoms with Gasteiger partial charge in [0.15, 0.2) is 0 Å². The molecule has 7 heteroatoms. The zero-order valence-electron chi connectivity index (χ0n) is 12.9. The molecule has 2 rings (SSSR count). The summed E-state index contributed by atoms with van der Waals surface area (Å²) in [6, 6.07) is 7.03. The van der Waals surface area contributed by atoms with Crippen LogP contribution in [0.4, 0.5) is 5.95 Å². The van der Waals surface area contributed by atoms with Gasteiger partial charge in [0.05, 0.1) is 6.61 Å². The first-order valence-electron chi connectivity index (χ1n) is 7.18. The molecule has 0 atom stereocenters. The van der Waals surface area contributed by atoms with Crippen LogP contribution in [0.25, 0.3) is 0 Å². The minimum atomic E-state index is -0.236. The van der Waals surface area contributed by atoms with Crippen molar-refractivity contribution in [2.75, 3.05) is 17.7 Å². The third-order valence-electron chi connectivity index (χ3n) is 2.67. The quantitative estimate of drug-likeness (QED) is 0.766. The lowest BCUT2D eigenvalue weighted by Crippen LogP contribution is -2.13. The Labute approximate surface area is 134 Å². The third-order valence-corrected chi connectivity index (χ3v) is 3.40. The van der Waals surface area contributed by atoms with Crippen molar-refractivity contribution < 1.29 is 9.53 Å². The lowest BCUT2D eigenvalue weighted by atomic mass is 10.2. The molecule has 1 aromatic carbocycles. The number of nitrogens with zero attached hydrogens (tertiary/aromatic N) is 2. The number of amides is 1. The van der Waals surface area contributed by atoms with Crippen LogP contribution in [0.2, 0.25) is 0 Å². The second-order valence-electron chi connectivity index (χ2n) is 5.08. The highest BCUT2D eigenvalue weighted by Gasteiger charge is 2.10. The average Bonchev–Trinajstić information content (AvgIpc) is 2.93. The Hall–Kier alpha value is -2.02. The van der Waals surface area contributed by atoms with Crippen molar-refractivity contribution in [2.24, 2.45) is 5.92 Å². The van der Waals surface area contributed by atoms with Gasteiger partial charge in [-0.3, -0.25) is 10.1 Å². The van der Waals surface area contributed by atoms with Gasteiger partial charge >= 0.3 is 0 Å². The van der Waals surface area contributed by atoms with Crippen molar-refractivity contribution in [1.82, 2.24) is 15.2 Å². The van der Waals surface area contributed by atoms with E-state index in [1.54, 1.807) is 24.3 Å². The summed E-state index contributed by atoms with van der Waals surface area (Å²) in [6.07, 6.45) is 0. The molecule has 118 valence electrons. The van der Waals surface area contributed by atoms with Gasteiger partial charge in [-0.1, -0.05) is 32.5 Å². The molecule has 0 spiro atoms. The predicted molar refractivity (Wildman–Crippen MR) is 87.5 cm³/mol. The maximum atomic E-state index is 12.1. The fourth-order valence-electron chi connectivity index (χ4n) is 1.64. The average molecular weight is 320 g/mol. The molecule has 0 fully saturated rings. The van der Waals surface area contributed by atoms with Crippen LogP contribution in [0, 0.1) is 5.92 Å². The number of hydrogen-bond acceptors (Lipinski definition) is 5. The summed E-state index contributed by atoms with van der Waals surface area (Å²) in [7, 11) is 0. The summed E-state index contributed by atoms with van der Waals surface area (Å²) in [5, 5.41) is 10.0. The predicted octanol–water partition coefficient (Wildman–Crippen LogP) is 3.20. The first-order valence-corrected chi connectivity index (χ1v) is 8.16. The van der Waals surface area contributed by atoms with Crippen molar-refractivity contribution in [3.05, 3.63) is 29.8 Å². The van der Waals surface area contributed by atoms with E-state index in [4.69, 9.17) is 4.74 Å². The van der Waals surface area contributed by atoms with Gasteiger partial charge in [0, 0.05) is 5.56 Å². The largest absolute Gasteiger partial charge is 0.493 e. The Balaban J connectivity index is 1.94. The summed E-state index contributed by atoms with van der Waals surface area (Å²) in [5.41, 5.74) is 0.540. The molecule has 0 aliphatic carbocycles. The van der Waals surface area contributed by atoms with Crippen LogP contribution in [0.3, 0.4) is 0 Å². The maximum Gasteiger partial charge on any atom is 0.258 e. The summed E-state index contributed by atoms with van der Waals surface area (Å²) >= 11 is 1.51. The zero-order valence-corrected chi connectivity index (χ0v) is 13.7. The SMILES string of the molecule is CCSc1n[nH]c(NC(=O)c2ccc(OCC(C)C)cc2)n1. The van der Waals surface area contributed by atoms with Gasteiger partial charge in [-0.2, -0.15) is 4.98 Å². The van der Waals surface area contributed by atoms with Crippen LogP contribution in [0.5, 0.6) is 5.75 Å². The Kier molecular flexibility index (Phi) is 5.83. The Morgan fingerprint density at radius 2 is 2.09 bits per heavy atom. The second kappa shape index (κ2) is 7.84. The fraction of sp³-hybridized carbons (Fsp3) is 0.400. The summed E-state index contributed by atoms with van der Waals surface area (Å²) in [4.78, 5) is 16.3. The van der Waals surface area contributed by atoms with Gasteiger partial charge in [0.1, 0.15) is 5.75 Å². The molecule has 0 saturated carbocycles. The standard InChI is InChI=1S/C15H20N4O2S/c1-4-22-15-17-14(18-19-15)16-13(20)11-5-7-12(8-6-11)21-9-10(2)3/h5-8,10H,4,9H2,1-3H3,(H2,16,17,18,19,20). The molecule has 2 aromatic rings. The maximum absolute atomic E-state index is 12.1. The highest BCUT2D eigenvalue weighted by Crippen LogP contribution is 2.16. The smallest absolute Gasteiger partial charge is 0.258 e. The van der Waals surface area contributed by atoms with E-state index in [9.17, 15) is 4.79 Å². The molecule has 6 nitrogen and oxygen atoms in total. The van der Waals surface area contributed by atoms with E-state index in [0.717, 1.165) is 11.5 Å². The lowest BCUT2D eigenvalue weighted by molar-refractivity contribution is 0.102. The van der Waals surface area contributed by atoms with Gasteiger partial charge in [-0.25, -0.2) is 5.10 Å². The fourth-order valence-corrected chi connectivity index (χ4v) is 2.17. The molecular formula is C15H20N4O2S. The molecule has 0 aliphatic heterocycles. The monoisotopic (exact) mass is 320 g/mol. The number of thioether (sulfide) groups is 1. The molecule has 1 aromatic heterocycles. The molecule has 22 heavy (non-hydrogen) atoms. The molecule has 1 heterocycles. The van der Waals surface area contributed by atoms with Crippen LogP contribution in [0.1, 0.15) is 31.1 Å². The van der Waals surface area contributed by atoms with Crippen molar-refractivity contribution in [1.29, 1.82) is 0 Å². The van der Waals surface area contributed by atoms with Crippen LogP contribution >= 0.6 is 11.8 Å². The van der Waals surface area contributed by atoms with E-state index in [1.807, 2.05) is 6.92 Å². The first kappa shape index (κ1) is 16.4. The number of aromatic amines is 1. The highest BCUT2D eigenvalue weighted by molar-refractivity contribution is 7.99. The first-order chi connectivity index (χ1) is 10.6. The van der Waals surface area contributed by atoms with E-state index in [1.165, 1.54) is 11.8 Å². The van der Waals surface area contributed by atoms with Crippen molar-refractivity contribution in [3.63, 3.8) is 0 Å². The number of anilines is 1. The normalized spacial score (nSPS) is 10.7. The number of nitrogens with one attached hydrogen (secondary N) is 2. The summed E-state index contributed by atoms with van der Waals surface area (Å²) in [5.74, 6) is 2.21. The molecular weight excluding hydrogens is 300 g/mol.